The van der Waals surface area contributed by atoms with Crippen LogP contribution in [0.15, 0.2) is 18.2 Å². The van der Waals surface area contributed by atoms with E-state index < -0.39 is 0 Å². The molecule has 2 N–H and O–H groups in total. The van der Waals surface area contributed by atoms with Crippen molar-refractivity contribution in [3.63, 3.8) is 0 Å². The molecule has 1 aromatic heterocycles. The number of phenolic OH excluding ortho intramolecular Hbond substituents is 1. The van der Waals surface area contributed by atoms with Gasteiger partial charge in [0, 0.05) is 18.2 Å². The molecule has 6 heteroatoms. The van der Waals surface area contributed by atoms with Crippen LogP contribution in [-0.4, -0.2) is 58.6 Å². The molecule has 1 aromatic carbocycles. The number of ether oxygens (including phenoxy) is 1. The monoisotopic (exact) mass is 380 g/mol. The molecule has 1 atom stereocenters. The summed E-state index contributed by atoms with van der Waals surface area (Å²) in [7, 11) is 0. The first-order valence-corrected chi connectivity index (χ1v) is 10.5. The molecule has 148 valence electrons. The third-order valence-electron chi connectivity index (χ3n) is 6.43. The lowest BCUT2D eigenvalue weighted by atomic mass is 10.00. The van der Waals surface area contributed by atoms with Crippen molar-refractivity contribution in [2.75, 3.05) is 31.6 Å². The molecule has 1 aliphatic carbocycles. The van der Waals surface area contributed by atoms with Gasteiger partial charge in [0.1, 0.15) is 11.6 Å². The highest BCUT2D eigenvalue weighted by Crippen LogP contribution is 2.38. The molecule has 2 saturated heterocycles. The van der Waals surface area contributed by atoms with Crippen molar-refractivity contribution in [1.29, 1.82) is 0 Å². The number of aromatic nitrogens is 2. The summed E-state index contributed by atoms with van der Waals surface area (Å²) < 4.78 is 5.35. The Labute approximate surface area is 165 Å². The van der Waals surface area contributed by atoms with E-state index in [1.807, 2.05) is 13.0 Å². The van der Waals surface area contributed by atoms with Gasteiger partial charge in [0.2, 0.25) is 0 Å². The van der Waals surface area contributed by atoms with Gasteiger partial charge in [-0.15, -0.1) is 10.2 Å². The smallest absolute Gasteiger partial charge is 0.149 e. The lowest BCUT2D eigenvalue weighted by Crippen LogP contribution is -2.54. The van der Waals surface area contributed by atoms with E-state index in [0.717, 1.165) is 80.2 Å². The number of nitrogens with zero attached hydrogens (tertiary/aromatic N) is 3. The SMILES string of the molecule is Cc1cc(N[C@H]2CCCN(C3COC3)C2)nnc1-c1ccc2c(c1O)CCC2. The molecule has 3 aliphatic rings. The molecular formula is C22H28N4O2. The van der Waals surface area contributed by atoms with Crippen molar-refractivity contribution in [1.82, 2.24) is 15.1 Å². The normalized spacial score (nSPS) is 22.7. The van der Waals surface area contributed by atoms with Crippen molar-refractivity contribution in [2.45, 2.75) is 51.1 Å². The maximum Gasteiger partial charge on any atom is 0.149 e. The third-order valence-corrected chi connectivity index (χ3v) is 6.43. The van der Waals surface area contributed by atoms with Gasteiger partial charge in [-0.1, -0.05) is 6.07 Å². The summed E-state index contributed by atoms with van der Waals surface area (Å²) in [4.78, 5) is 2.53. The van der Waals surface area contributed by atoms with Gasteiger partial charge in [-0.25, -0.2) is 0 Å². The van der Waals surface area contributed by atoms with Gasteiger partial charge in [0.15, 0.2) is 0 Å². The molecule has 3 heterocycles. The predicted octanol–water partition coefficient (Wildman–Crippen LogP) is 2.92. The third kappa shape index (κ3) is 3.25. The summed E-state index contributed by atoms with van der Waals surface area (Å²) in [5.74, 6) is 1.21. The van der Waals surface area contributed by atoms with Gasteiger partial charge in [0.25, 0.3) is 0 Å². The molecule has 0 unspecified atom stereocenters. The van der Waals surface area contributed by atoms with E-state index in [0.29, 0.717) is 17.8 Å². The second-order valence-corrected chi connectivity index (χ2v) is 8.38. The van der Waals surface area contributed by atoms with Crippen molar-refractivity contribution in [3.8, 4) is 17.0 Å². The number of aromatic hydroxyl groups is 1. The zero-order chi connectivity index (χ0) is 19.1. The summed E-state index contributed by atoms with van der Waals surface area (Å²) >= 11 is 0. The second-order valence-electron chi connectivity index (χ2n) is 8.38. The van der Waals surface area contributed by atoms with Gasteiger partial charge in [0.05, 0.1) is 24.9 Å². The zero-order valence-corrected chi connectivity index (χ0v) is 16.4. The van der Waals surface area contributed by atoms with Crippen LogP contribution in [0.2, 0.25) is 0 Å². The van der Waals surface area contributed by atoms with E-state index >= 15 is 0 Å². The lowest BCUT2D eigenvalue weighted by Gasteiger charge is -2.42. The second kappa shape index (κ2) is 7.33. The van der Waals surface area contributed by atoms with Crippen LogP contribution in [0.5, 0.6) is 5.75 Å². The lowest BCUT2D eigenvalue weighted by molar-refractivity contribution is -0.0710. The highest BCUT2D eigenvalue weighted by atomic mass is 16.5. The van der Waals surface area contributed by atoms with Gasteiger partial charge >= 0.3 is 0 Å². The number of piperidine rings is 1. The van der Waals surface area contributed by atoms with Crippen LogP contribution in [0.4, 0.5) is 5.82 Å². The molecule has 0 saturated carbocycles. The van der Waals surface area contributed by atoms with Gasteiger partial charge in [-0.2, -0.15) is 0 Å². The van der Waals surface area contributed by atoms with Crippen LogP contribution in [0, 0.1) is 6.92 Å². The molecule has 2 aliphatic heterocycles. The Morgan fingerprint density at radius 3 is 2.86 bits per heavy atom. The van der Waals surface area contributed by atoms with E-state index in [1.54, 1.807) is 0 Å². The summed E-state index contributed by atoms with van der Waals surface area (Å²) in [6.07, 6.45) is 5.47. The van der Waals surface area contributed by atoms with Crippen molar-refractivity contribution in [2.24, 2.45) is 0 Å². The summed E-state index contributed by atoms with van der Waals surface area (Å²) in [5, 5.41) is 23.2. The number of likely N-dealkylation sites (tertiary alicyclic amines) is 1. The molecule has 0 bridgehead atoms. The number of aryl methyl sites for hydroxylation is 2. The number of hydrogen-bond acceptors (Lipinski definition) is 6. The Morgan fingerprint density at radius 1 is 1.18 bits per heavy atom. The first-order valence-electron chi connectivity index (χ1n) is 10.5. The summed E-state index contributed by atoms with van der Waals surface area (Å²) in [5.41, 5.74) is 4.96. The van der Waals surface area contributed by atoms with Crippen LogP contribution in [-0.2, 0) is 17.6 Å². The fraction of sp³-hybridized carbons (Fsp3) is 0.545. The Kier molecular flexibility index (Phi) is 4.69. The maximum atomic E-state index is 10.7. The van der Waals surface area contributed by atoms with Crippen LogP contribution >= 0.6 is 0 Å². The van der Waals surface area contributed by atoms with Crippen molar-refractivity contribution < 1.29 is 9.84 Å². The number of rotatable bonds is 4. The van der Waals surface area contributed by atoms with Gasteiger partial charge in [-0.05, 0) is 74.4 Å². The van der Waals surface area contributed by atoms with Crippen LogP contribution < -0.4 is 5.32 Å². The molecule has 2 aromatic rings. The Morgan fingerprint density at radius 2 is 2.07 bits per heavy atom. The van der Waals surface area contributed by atoms with E-state index in [4.69, 9.17) is 4.74 Å². The van der Waals surface area contributed by atoms with Crippen molar-refractivity contribution in [3.05, 3.63) is 34.9 Å². The highest BCUT2D eigenvalue weighted by molar-refractivity contribution is 5.73. The number of nitrogens with one attached hydrogen (secondary N) is 1. The first kappa shape index (κ1) is 17.9. The predicted molar refractivity (Wildman–Crippen MR) is 109 cm³/mol. The highest BCUT2D eigenvalue weighted by Gasteiger charge is 2.30. The van der Waals surface area contributed by atoms with Crippen LogP contribution in [0.3, 0.4) is 0 Å². The minimum atomic E-state index is 0.388. The maximum absolute atomic E-state index is 10.7. The summed E-state index contributed by atoms with van der Waals surface area (Å²) in [6, 6.07) is 7.15. The van der Waals surface area contributed by atoms with E-state index in [9.17, 15) is 5.11 Å². The van der Waals surface area contributed by atoms with Crippen LogP contribution in [0.25, 0.3) is 11.3 Å². The minimum Gasteiger partial charge on any atom is -0.507 e. The van der Waals surface area contributed by atoms with E-state index in [1.165, 1.54) is 12.0 Å². The fourth-order valence-corrected chi connectivity index (χ4v) is 4.76. The van der Waals surface area contributed by atoms with Gasteiger partial charge in [-0.3, -0.25) is 4.90 Å². The number of fused-ring (bicyclic) bond motifs is 1. The van der Waals surface area contributed by atoms with Crippen LogP contribution in [0.1, 0.15) is 36.0 Å². The first-order chi connectivity index (χ1) is 13.7. The molecule has 0 radical (unpaired) electrons. The van der Waals surface area contributed by atoms with E-state index in [2.05, 4.69) is 32.5 Å². The van der Waals surface area contributed by atoms with E-state index in [-0.39, 0.29) is 0 Å². The largest absolute Gasteiger partial charge is 0.507 e. The number of anilines is 1. The number of benzene rings is 1. The Hall–Kier alpha value is -2.18. The Bertz CT molecular complexity index is 881. The topological polar surface area (TPSA) is 70.5 Å². The average molecular weight is 380 g/mol. The Balaban J connectivity index is 1.33. The average Bonchev–Trinajstić information content (AvgIpc) is 3.12. The van der Waals surface area contributed by atoms with Crippen molar-refractivity contribution >= 4 is 5.82 Å². The molecule has 2 fully saturated rings. The minimum absolute atomic E-state index is 0.388. The zero-order valence-electron chi connectivity index (χ0n) is 16.4. The number of phenols is 1. The number of hydrogen-bond donors (Lipinski definition) is 2. The quantitative estimate of drug-likeness (QED) is 0.850. The molecular weight excluding hydrogens is 352 g/mol. The summed E-state index contributed by atoms with van der Waals surface area (Å²) in [6.45, 7) is 5.96. The molecule has 6 nitrogen and oxygen atoms in total. The standard InChI is InChI=1S/C22H28N4O2/c1-14-10-20(23-16-5-3-9-26(11-16)17-12-28-13-17)24-25-21(14)19-8-7-15-4-2-6-18(15)22(19)27/h7-8,10,16-17,27H,2-6,9,11-13H2,1H3,(H,23,24)/t16-/m0/s1. The fourth-order valence-electron chi connectivity index (χ4n) is 4.76. The molecule has 5 rings (SSSR count). The molecule has 28 heavy (non-hydrogen) atoms. The van der Waals surface area contributed by atoms with Gasteiger partial charge < -0.3 is 15.2 Å². The molecule has 0 amide bonds. The molecule has 0 spiro atoms.